The lowest BCUT2D eigenvalue weighted by Crippen LogP contribution is -2.00. The molecule has 0 bridgehead atoms. The number of allylic oxidation sites excluding steroid dienone is 1. The topological polar surface area (TPSA) is 9.23 Å². The van der Waals surface area contributed by atoms with Gasteiger partial charge in [0, 0.05) is 5.92 Å². The minimum atomic E-state index is 0.510. The molecule has 0 unspecified atom stereocenters. The predicted molar refractivity (Wildman–Crippen MR) is 79.2 cm³/mol. The highest BCUT2D eigenvalue weighted by molar-refractivity contribution is 5.44. The smallest absolute Gasteiger partial charge is 0.119 e. The quantitative estimate of drug-likeness (QED) is 0.606. The van der Waals surface area contributed by atoms with Crippen LogP contribution in [0, 0.1) is 5.92 Å². The Morgan fingerprint density at radius 3 is 2.61 bits per heavy atom. The van der Waals surface area contributed by atoms with Crippen LogP contribution in [0.4, 0.5) is 0 Å². The normalized spacial score (nSPS) is 11.0. The van der Waals surface area contributed by atoms with E-state index in [1.807, 2.05) is 6.08 Å². The van der Waals surface area contributed by atoms with Crippen LogP contribution in [0.5, 0.6) is 5.75 Å². The molecule has 0 aromatic heterocycles. The van der Waals surface area contributed by atoms with Gasteiger partial charge >= 0.3 is 0 Å². The molecule has 0 aliphatic heterocycles. The first-order chi connectivity index (χ1) is 8.58. The maximum Gasteiger partial charge on any atom is 0.119 e. The third kappa shape index (κ3) is 4.21. The largest absolute Gasteiger partial charge is 0.494 e. The van der Waals surface area contributed by atoms with Crippen LogP contribution < -0.4 is 4.74 Å². The first kappa shape index (κ1) is 14.8. The second kappa shape index (κ2) is 7.25. The van der Waals surface area contributed by atoms with Gasteiger partial charge in [-0.1, -0.05) is 46.3 Å². The lowest BCUT2D eigenvalue weighted by Gasteiger charge is -2.15. The molecule has 0 atom stereocenters. The van der Waals surface area contributed by atoms with Gasteiger partial charge in [0.15, 0.2) is 0 Å². The van der Waals surface area contributed by atoms with Crippen molar-refractivity contribution in [3.63, 3.8) is 0 Å². The van der Waals surface area contributed by atoms with E-state index in [2.05, 4.69) is 52.5 Å². The van der Waals surface area contributed by atoms with Gasteiger partial charge in [0.2, 0.25) is 0 Å². The molecule has 0 aliphatic carbocycles. The Bertz CT molecular complexity index is 379. The molecule has 1 aromatic carbocycles. The third-order valence-electron chi connectivity index (χ3n) is 3.12. The van der Waals surface area contributed by atoms with Crippen LogP contribution >= 0.6 is 0 Å². The van der Waals surface area contributed by atoms with Crippen LogP contribution in [0.25, 0.3) is 0 Å². The van der Waals surface area contributed by atoms with Crippen LogP contribution in [0.2, 0.25) is 0 Å². The summed E-state index contributed by atoms with van der Waals surface area (Å²) in [5.74, 6) is 2.68. The summed E-state index contributed by atoms with van der Waals surface area (Å²) in [6, 6.07) is 6.49. The molecule has 0 spiro atoms. The molecule has 0 saturated carbocycles. The number of hydrogen-bond donors (Lipinski definition) is 0. The standard InChI is InChI=1S/C17H25O/c1-6-8-9-18-17-11-15(13(3)4)10-16(12-17)14(5)7-2/h7,10-13H,2,6,8-9H2,1,3-5H3. The summed E-state index contributed by atoms with van der Waals surface area (Å²) in [5.41, 5.74) is 2.53. The minimum Gasteiger partial charge on any atom is -0.494 e. The fourth-order valence-corrected chi connectivity index (χ4v) is 1.72. The number of ether oxygens (including phenoxy) is 1. The van der Waals surface area contributed by atoms with Gasteiger partial charge in [-0.05, 0) is 35.6 Å². The van der Waals surface area contributed by atoms with Crippen LogP contribution in [0.1, 0.15) is 57.6 Å². The Kier molecular flexibility index (Phi) is 5.97. The van der Waals surface area contributed by atoms with Crippen molar-refractivity contribution in [1.82, 2.24) is 0 Å². The molecule has 1 nitrogen and oxygen atoms in total. The number of unbranched alkanes of at least 4 members (excludes halogenated alkanes) is 1. The lowest BCUT2D eigenvalue weighted by molar-refractivity contribution is 0.309. The molecule has 1 aromatic rings. The summed E-state index contributed by atoms with van der Waals surface area (Å²) in [6.45, 7) is 13.3. The molecule has 99 valence electrons. The average molecular weight is 245 g/mol. The summed E-state index contributed by atoms with van der Waals surface area (Å²) in [4.78, 5) is 0. The molecule has 18 heavy (non-hydrogen) atoms. The minimum absolute atomic E-state index is 0.510. The zero-order valence-electron chi connectivity index (χ0n) is 12.1. The highest BCUT2D eigenvalue weighted by Gasteiger charge is 2.09. The zero-order chi connectivity index (χ0) is 13.5. The second-order valence-corrected chi connectivity index (χ2v) is 5.03. The van der Waals surface area contributed by atoms with E-state index in [-0.39, 0.29) is 0 Å². The van der Waals surface area contributed by atoms with Crippen LogP contribution in [0.3, 0.4) is 0 Å². The van der Waals surface area contributed by atoms with Crippen molar-refractivity contribution in [2.24, 2.45) is 0 Å². The van der Waals surface area contributed by atoms with Gasteiger partial charge in [-0.25, -0.2) is 0 Å². The van der Waals surface area contributed by atoms with Crippen molar-refractivity contribution in [3.8, 4) is 5.75 Å². The van der Waals surface area contributed by atoms with Crippen molar-refractivity contribution >= 4 is 0 Å². The van der Waals surface area contributed by atoms with Crippen LogP contribution in [-0.2, 0) is 0 Å². The third-order valence-corrected chi connectivity index (χ3v) is 3.12. The predicted octanol–water partition coefficient (Wildman–Crippen LogP) is 5.12. The van der Waals surface area contributed by atoms with Gasteiger partial charge in [-0.3, -0.25) is 0 Å². The Morgan fingerprint density at radius 1 is 1.33 bits per heavy atom. The Morgan fingerprint density at radius 2 is 2.06 bits per heavy atom. The Balaban J connectivity index is 2.94. The summed E-state index contributed by atoms with van der Waals surface area (Å²) in [7, 11) is 0. The van der Waals surface area contributed by atoms with E-state index in [4.69, 9.17) is 4.74 Å². The number of benzene rings is 1. The van der Waals surface area contributed by atoms with E-state index in [0.717, 1.165) is 25.2 Å². The SMILES string of the molecule is C=C[C](C)c1cc(OCCCC)cc(C(C)C)c1. The maximum absolute atomic E-state index is 5.82. The van der Waals surface area contributed by atoms with Crippen LogP contribution in [-0.4, -0.2) is 6.61 Å². The summed E-state index contributed by atoms with van der Waals surface area (Å²) in [6.07, 6.45) is 4.16. The molecule has 0 aliphatic rings. The van der Waals surface area contributed by atoms with Crippen LogP contribution in [0.15, 0.2) is 30.9 Å². The first-order valence-corrected chi connectivity index (χ1v) is 6.82. The molecule has 0 fully saturated rings. The van der Waals surface area contributed by atoms with E-state index in [1.165, 1.54) is 17.0 Å². The fourth-order valence-electron chi connectivity index (χ4n) is 1.72. The highest BCUT2D eigenvalue weighted by Crippen LogP contribution is 2.27. The molecule has 0 amide bonds. The van der Waals surface area contributed by atoms with E-state index in [0.29, 0.717) is 5.92 Å². The molecule has 1 radical (unpaired) electrons. The fraction of sp³-hybridized carbons (Fsp3) is 0.471. The molecular formula is C17H25O. The van der Waals surface area contributed by atoms with Crippen molar-refractivity contribution < 1.29 is 4.74 Å². The van der Waals surface area contributed by atoms with Gasteiger partial charge in [0.1, 0.15) is 5.75 Å². The van der Waals surface area contributed by atoms with Gasteiger partial charge in [0.05, 0.1) is 6.61 Å². The van der Waals surface area contributed by atoms with Crippen molar-refractivity contribution in [3.05, 3.63) is 47.9 Å². The molecule has 1 heteroatoms. The lowest BCUT2D eigenvalue weighted by atomic mass is 9.94. The number of rotatable bonds is 7. The first-order valence-electron chi connectivity index (χ1n) is 6.82. The Hall–Kier alpha value is -1.24. The van der Waals surface area contributed by atoms with E-state index in [1.54, 1.807) is 0 Å². The van der Waals surface area contributed by atoms with E-state index >= 15 is 0 Å². The highest BCUT2D eigenvalue weighted by atomic mass is 16.5. The molecule has 1 rings (SSSR count). The molecule has 0 N–H and O–H groups in total. The number of hydrogen-bond acceptors (Lipinski definition) is 1. The van der Waals surface area contributed by atoms with Crippen molar-refractivity contribution in [2.75, 3.05) is 6.61 Å². The summed E-state index contributed by atoms with van der Waals surface area (Å²) in [5, 5.41) is 0. The Labute approximate surface area is 112 Å². The molecule has 0 saturated heterocycles. The zero-order valence-corrected chi connectivity index (χ0v) is 12.1. The van der Waals surface area contributed by atoms with Gasteiger partial charge in [-0.15, -0.1) is 6.58 Å². The van der Waals surface area contributed by atoms with Gasteiger partial charge < -0.3 is 4.74 Å². The summed E-state index contributed by atoms with van der Waals surface area (Å²) < 4.78 is 5.82. The maximum atomic E-state index is 5.82. The average Bonchev–Trinajstić information content (AvgIpc) is 2.37. The monoisotopic (exact) mass is 245 g/mol. The van der Waals surface area contributed by atoms with Gasteiger partial charge in [-0.2, -0.15) is 0 Å². The van der Waals surface area contributed by atoms with E-state index < -0.39 is 0 Å². The van der Waals surface area contributed by atoms with Crippen molar-refractivity contribution in [2.45, 2.75) is 46.5 Å². The van der Waals surface area contributed by atoms with Gasteiger partial charge in [0.25, 0.3) is 0 Å². The van der Waals surface area contributed by atoms with E-state index in [9.17, 15) is 0 Å². The molecular weight excluding hydrogens is 220 g/mol. The molecule has 0 heterocycles. The second-order valence-electron chi connectivity index (χ2n) is 5.03. The van der Waals surface area contributed by atoms with Crippen molar-refractivity contribution in [1.29, 1.82) is 0 Å². The summed E-state index contributed by atoms with van der Waals surface area (Å²) >= 11 is 0.